The van der Waals surface area contributed by atoms with Gasteiger partial charge in [-0.3, -0.25) is 9.59 Å². The second kappa shape index (κ2) is 8.39. The number of nitrogens with one attached hydrogen (secondary N) is 1. The largest absolute Gasteiger partial charge is 0.329 e. The number of carbonyl (C=O) groups excluding carboxylic acids is 2. The molecular formula is C21H16FN5O2S. The van der Waals surface area contributed by atoms with Crippen molar-refractivity contribution in [3.63, 3.8) is 0 Å². The maximum atomic E-state index is 13.0. The molecule has 2 aromatic carbocycles. The van der Waals surface area contributed by atoms with E-state index >= 15 is 0 Å². The van der Waals surface area contributed by atoms with E-state index in [1.165, 1.54) is 24.3 Å². The Morgan fingerprint density at radius 2 is 1.87 bits per heavy atom. The number of halogens is 1. The van der Waals surface area contributed by atoms with Gasteiger partial charge in [-0.05, 0) is 61.4 Å². The number of nitriles is 1. The van der Waals surface area contributed by atoms with E-state index < -0.39 is 5.91 Å². The van der Waals surface area contributed by atoms with Crippen LogP contribution >= 0.6 is 11.3 Å². The van der Waals surface area contributed by atoms with Crippen molar-refractivity contribution in [2.24, 2.45) is 0 Å². The summed E-state index contributed by atoms with van der Waals surface area (Å²) in [6.07, 6.45) is 1.56. The number of carbonyl (C=O) groups is 2. The van der Waals surface area contributed by atoms with E-state index in [9.17, 15) is 14.0 Å². The summed E-state index contributed by atoms with van der Waals surface area (Å²) in [5.74, 6) is -0.970. The van der Waals surface area contributed by atoms with Crippen molar-refractivity contribution in [2.45, 2.75) is 18.9 Å². The van der Waals surface area contributed by atoms with Gasteiger partial charge in [0.1, 0.15) is 10.8 Å². The molecular weight excluding hydrogens is 405 g/mol. The van der Waals surface area contributed by atoms with Gasteiger partial charge in [0.25, 0.3) is 11.8 Å². The molecule has 1 aliphatic heterocycles. The third-order valence-corrected chi connectivity index (χ3v) is 5.82. The molecule has 0 aliphatic carbocycles. The summed E-state index contributed by atoms with van der Waals surface area (Å²) in [6.45, 7) is 0.584. The zero-order chi connectivity index (χ0) is 21.1. The first-order valence-corrected chi connectivity index (χ1v) is 10.1. The molecule has 1 aliphatic rings. The summed E-state index contributed by atoms with van der Waals surface area (Å²) >= 11 is 1.14. The highest BCUT2D eigenvalue weighted by molar-refractivity contribution is 7.13. The van der Waals surface area contributed by atoms with Crippen LogP contribution in [0.1, 0.15) is 49.6 Å². The summed E-state index contributed by atoms with van der Waals surface area (Å²) < 4.78 is 13.0. The van der Waals surface area contributed by atoms with Crippen molar-refractivity contribution in [3.05, 3.63) is 75.5 Å². The Balaban J connectivity index is 1.48. The molecule has 0 unspecified atom stereocenters. The van der Waals surface area contributed by atoms with Crippen LogP contribution in [-0.4, -0.2) is 33.5 Å². The van der Waals surface area contributed by atoms with Gasteiger partial charge in [0, 0.05) is 17.8 Å². The molecule has 9 heteroatoms. The maximum absolute atomic E-state index is 13.0. The van der Waals surface area contributed by atoms with Gasteiger partial charge in [-0.1, -0.05) is 11.3 Å². The van der Waals surface area contributed by atoms with E-state index in [4.69, 9.17) is 5.26 Å². The molecule has 1 fully saturated rings. The minimum absolute atomic E-state index is 0.144. The molecule has 2 amide bonds. The lowest BCUT2D eigenvalue weighted by Gasteiger charge is -2.22. The number of rotatable bonds is 4. The first kappa shape index (κ1) is 19.7. The van der Waals surface area contributed by atoms with Crippen LogP contribution in [0, 0.1) is 17.1 Å². The quantitative estimate of drug-likeness (QED) is 0.691. The van der Waals surface area contributed by atoms with Gasteiger partial charge in [-0.15, -0.1) is 10.2 Å². The van der Waals surface area contributed by atoms with Crippen LogP contribution in [0.15, 0.2) is 48.5 Å². The van der Waals surface area contributed by atoms with Crippen LogP contribution < -0.4 is 5.32 Å². The fourth-order valence-electron chi connectivity index (χ4n) is 3.30. The Labute approximate surface area is 175 Å². The zero-order valence-corrected chi connectivity index (χ0v) is 16.5. The number of benzene rings is 2. The molecule has 1 aromatic heterocycles. The average Bonchev–Trinajstić information content (AvgIpc) is 3.44. The molecule has 7 nitrogen and oxygen atoms in total. The molecule has 1 saturated heterocycles. The number of hydrogen-bond donors (Lipinski definition) is 1. The van der Waals surface area contributed by atoms with Crippen molar-refractivity contribution < 1.29 is 14.0 Å². The normalized spacial score (nSPS) is 15.6. The molecule has 150 valence electrons. The molecule has 4 rings (SSSR count). The molecule has 1 N–H and O–H groups in total. The Morgan fingerprint density at radius 3 is 2.57 bits per heavy atom. The van der Waals surface area contributed by atoms with E-state index in [2.05, 4.69) is 15.5 Å². The van der Waals surface area contributed by atoms with Crippen LogP contribution in [-0.2, 0) is 0 Å². The van der Waals surface area contributed by atoms with Gasteiger partial charge in [-0.2, -0.15) is 5.26 Å². The van der Waals surface area contributed by atoms with Gasteiger partial charge in [-0.25, -0.2) is 4.39 Å². The Bertz CT molecular complexity index is 1120. The lowest BCUT2D eigenvalue weighted by molar-refractivity contribution is 0.0735. The van der Waals surface area contributed by atoms with E-state index in [1.807, 2.05) is 6.07 Å². The standard InChI is InChI=1S/C21H16FN5O2S/c22-15-7-9-16(10-8-15)24-18(28)20-26-25-19(30-20)17-2-1-11-27(17)21(29)14-5-3-13(12-23)4-6-14/h3-10,17H,1-2,11H2,(H,24,28)/t17-/m1/s1. The van der Waals surface area contributed by atoms with Crippen molar-refractivity contribution in [3.8, 4) is 6.07 Å². The second-order valence-electron chi connectivity index (χ2n) is 6.75. The van der Waals surface area contributed by atoms with Crippen LogP contribution in [0.2, 0.25) is 0 Å². The van der Waals surface area contributed by atoms with Crippen LogP contribution in [0.3, 0.4) is 0 Å². The van der Waals surface area contributed by atoms with Crippen molar-refractivity contribution in [1.82, 2.24) is 15.1 Å². The SMILES string of the molecule is N#Cc1ccc(C(=O)N2CCC[C@@H]2c2nnc(C(=O)Nc3ccc(F)cc3)s2)cc1. The first-order valence-electron chi connectivity index (χ1n) is 9.26. The van der Waals surface area contributed by atoms with Gasteiger partial charge >= 0.3 is 0 Å². The lowest BCUT2D eigenvalue weighted by Crippen LogP contribution is -2.30. The second-order valence-corrected chi connectivity index (χ2v) is 7.76. The highest BCUT2D eigenvalue weighted by Crippen LogP contribution is 2.34. The van der Waals surface area contributed by atoms with E-state index in [1.54, 1.807) is 29.2 Å². The molecule has 0 spiro atoms. The minimum Gasteiger partial charge on any atom is -0.329 e. The smallest absolute Gasteiger partial charge is 0.286 e. The number of likely N-dealkylation sites (tertiary alicyclic amines) is 1. The van der Waals surface area contributed by atoms with Gasteiger partial charge in [0.05, 0.1) is 17.7 Å². The summed E-state index contributed by atoms with van der Waals surface area (Å²) in [6, 6.07) is 13.7. The van der Waals surface area contributed by atoms with E-state index in [-0.39, 0.29) is 22.8 Å². The number of amides is 2. The maximum Gasteiger partial charge on any atom is 0.286 e. The van der Waals surface area contributed by atoms with Gasteiger partial charge in [0.15, 0.2) is 0 Å². The summed E-state index contributed by atoms with van der Waals surface area (Å²) in [4.78, 5) is 27.1. The molecule has 0 radical (unpaired) electrons. The third kappa shape index (κ3) is 4.04. The fourth-order valence-corrected chi connectivity index (χ4v) is 4.18. The number of aromatic nitrogens is 2. The molecule has 3 aromatic rings. The summed E-state index contributed by atoms with van der Waals surface area (Å²) in [7, 11) is 0. The lowest BCUT2D eigenvalue weighted by atomic mass is 10.1. The molecule has 0 saturated carbocycles. The van der Waals surface area contributed by atoms with Crippen molar-refractivity contribution >= 4 is 28.8 Å². The zero-order valence-electron chi connectivity index (χ0n) is 15.7. The molecule has 0 bridgehead atoms. The summed E-state index contributed by atoms with van der Waals surface area (Å²) in [5.41, 5.74) is 1.45. The molecule has 2 heterocycles. The molecule has 30 heavy (non-hydrogen) atoms. The average molecular weight is 421 g/mol. The summed E-state index contributed by atoms with van der Waals surface area (Å²) in [5, 5.41) is 20.4. The van der Waals surface area contributed by atoms with Crippen molar-refractivity contribution in [1.29, 1.82) is 5.26 Å². The number of hydrogen-bond acceptors (Lipinski definition) is 6. The highest BCUT2D eigenvalue weighted by atomic mass is 32.1. The van der Waals surface area contributed by atoms with Gasteiger partial charge < -0.3 is 10.2 Å². The topological polar surface area (TPSA) is 99.0 Å². The van der Waals surface area contributed by atoms with E-state index in [0.717, 1.165) is 24.2 Å². The van der Waals surface area contributed by atoms with Crippen molar-refractivity contribution in [2.75, 3.05) is 11.9 Å². The van der Waals surface area contributed by atoms with Gasteiger partial charge in [0.2, 0.25) is 5.01 Å². The predicted molar refractivity (Wildman–Crippen MR) is 108 cm³/mol. The Kier molecular flexibility index (Phi) is 5.50. The predicted octanol–water partition coefficient (Wildman–Crippen LogP) is 3.78. The molecule has 1 atom stereocenters. The van der Waals surface area contributed by atoms with E-state index in [0.29, 0.717) is 28.4 Å². The monoisotopic (exact) mass is 421 g/mol. The van der Waals surface area contributed by atoms with Crippen LogP contribution in [0.5, 0.6) is 0 Å². The number of anilines is 1. The Hall–Kier alpha value is -3.64. The third-order valence-electron chi connectivity index (χ3n) is 4.80. The minimum atomic E-state index is -0.437. The first-order chi connectivity index (χ1) is 14.5. The Morgan fingerprint density at radius 1 is 1.13 bits per heavy atom. The number of nitrogens with zero attached hydrogens (tertiary/aromatic N) is 4. The highest BCUT2D eigenvalue weighted by Gasteiger charge is 2.33. The fraction of sp³-hybridized carbons (Fsp3) is 0.190. The van der Waals surface area contributed by atoms with Crippen LogP contribution in [0.4, 0.5) is 10.1 Å². The van der Waals surface area contributed by atoms with Crippen LogP contribution in [0.25, 0.3) is 0 Å².